The first-order chi connectivity index (χ1) is 12.1. The molecule has 0 N–H and O–H groups in total. The average Bonchev–Trinajstić information content (AvgIpc) is 3.13. The molecule has 7 heteroatoms. The molecule has 0 aliphatic heterocycles. The van der Waals surface area contributed by atoms with E-state index in [9.17, 15) is 4.79 Å². The Hall–Kier alpha value is -2.25. The number of rotatable bonds is 10. The fraction of sp³-hybridized carbons (Fsp3) is 0.500. The number of carbonyl (C=O) groups is 1. The number of carbonyl (C=O) groups excluding carboxylic acids is 1. The maximum atomic E-state index is 12.2. The third-order valence-electron chi connectivity index (χ3n) is 4.12. The van der Waals surface area contributed by atoms with Crippen molar-refractivity contribution in [1.82, 2.24) is 24.6 Å². The molecule has 0 unspecified atom stereocenters. The van der Waals surface area contributed by atoms with Gasteiger partial charge in [0.1, 0.15) is 19.2 Å². The normalized spacial score (nSPS) is 11.0. The maximum absolute atomic E-state index is 12.2. The van der Waals surface area contributed by atoms with Crippen molar-refractivity contribution in [2.24, 2.45) is 0 Å². The Labute approximate surface area is 149 Å². The molecule has 0 aliphatic carbocycles. The molecule has 0 radical (unpaired) electrons. The molecular formula is C18H27N5O2. The van der Waals surface area contributed by atoms with E-state index in [1.54, 1.807) is 29.2 Å². The zero-order chi connectivity index (χ0) is 18.1. The van der Waals surface area contributed by atoms with Gasteiger partial charge in [0.2, 0.25) is 5.91 Å². The van der Waals surface area contributed by atoms with Gasteiger partial charge in [-0.25, -0.2) is 0 Å². The third kappa shape index (κ3) is 6.28. The van der Waals surface area contributed by atoms with Crippen molar-refractivity contribution in [3.63, 3.8) is 0 Å². The van der Waals surface area contributed by atoms with Crippen molar-refractivity contribution in [3.05, 3.63) is 48.0 Å². The number of methoxy groups -OCH3 is 1. The van der Waals surface area contributed by atoms with E-state index in [2.05, 4.69) is 46.3 Å². The standard InChI is InChI=1S/C18H27N5O2/c1-4-22(9-10-25-3)12-17-7-5-16(6-8-17)11-21(2)18(24)13-23-14-19-20-15-23/h5-8,14-15H,4,9-13H2,1-3H3. The van der Waals surface area contributed by atoms with E-state index in [-0.39, 0.29) is 12.5 Å². The zero-order valence-corrected chi connectivity index (χ0v) is 15.3. The number of ether oxygens (including phenoxy) is 1. The second kappa shape index (κ2) is 9.90. The van der Waals surface area contributed by atoms with Crippen molar-refractivity contribution in [2.75, 3.05) is 33.9 Å². The SMILES string of the molecule is CCN(CCOC)Cc1ccc(CN(C)C(=O)Cn2cnnc2)cc1. The van der Waals surface area contributed by atoms with Crippen molar-refractivity contribution < 1.29 is 9.53 Å². The number of hydrogen-bond donors (Lipinski definition) is 0. The first-order valence-corrected chi connectivity index (χ1v) is 8.47. The Kier molecular flexibility index (Phi) is 7.56. The molecule has 1 aromatic heterocycles. The minimum atomic E-state index is 0.0283. The highest BCUT2D eigenvalue weighted by Gasteiger charge is 2.10. The molecule has 0 fully saturated rings. The topological polar surface area (TPSA) is 63.5 Å². The lowest BCUT2D eigenvalue weighted by atomic mass is 10.1. The van der Waals surface area contributed by atoms with Crippen LogP contribution in [0.1, 0.15) is 18.1 Å². The van der Waals surface area contributed by atoms with E-state index in [0.29, 0.717) is 6.54 Å². The van der Waals surface area contributed by atoms with Crippen molar-refractivity contribution in [1.29, 1.82) is 0 Å². The fourth-order valence-corrected chi connectivity index (χ4v) is 2.52. The number of benzene rings is 1. The van der Waals surface area contributed by atoms with Crippen LogP contribution in [-0.4, -0.2) is 64.3 Å². The van der Waals surface area contributed by atoms with Gasteiger partial charge in [0.15, 0.2) is 0 Å². The van der Waals surface area contributed by atoms with E-state index >= 15 is 0 Å². The van der Waals surface area contributed by atoms with Crippen molar-refractivity contribution in [3.8, 4) is 0 Å². The van der Waals surface area contributed by atoms with E-state index in [0.717, 1.165) is 31.8 Å². The lowest BCUT2D eigenvalue weighted by Gasteiger charge is -2.20. The molecule has 1 aromatic carbocycles. The number of aromatic nitrogens is 3. The van der Waals surface area contributed by atoms with Crippen LogP contribution in [0, 0.1) is 0 Å². The summed E-state index contributed by atoms with van der Waals surface area (Å²) in [6.07, 6.45) is 3.09. The van der Waals surface area contributed by atoms with E-state index in [1.165, 1.54) is 5.56 Å². The Bertz CT molecular complexity index is 627. The Morgan fingerprint density at radius 1 is 1.12 bits per heavy atom. The summed E-state index contributed by atoms with van der Waals surface area (Å²) in [6.45, 7) is 6.56. The summed E-state index contributed by atoms with van der Waals surface area (Å²) in [7, 11) is 3.54. The minimum Gasteiger partial charge on any atom is -0.383 e. The average molecular weight is 345 g/mol. The second-order valence-electron chi connectivity index (χ2n) is 6.06. The second-order valence-corrected chi connectivity index (χ2v) is 6.06. The van der Waals surface area contributed by atoms with Gasteiger partial charge in [-0.1, -0.05) is 31.2 Å². The van der Waals surface area contributed by atoms with Crippen LogP contribution in [0.2, 0.25) is 0 Å². The number of likely N-dealkylation sites (N-methyl/N-ethyl adjacent to an activating group) is 2. The molecule has 2 aromatic rings. The molecule has 7 nitrogen and oxygen atoms in total. The lowest BCUT2D eigenvalue weighted by Crippen LogP contribution is -2.29. The molecule has 0 bridgehead atoms. The summed E-state index contributed by atoms with van der Waals surface area (Å²) < 4.78 is 6.81. The van der Waals surface area contributed by atoms with Gasteiger partial charge < -0.3 is 14.2 Å². The quantitative estimate of drug-likeness (QED) is 0.651. The highest BCUT2D eigenvalue weighted by atomic mass is 16.5. The maximum Gasteiger partial charge on any atom is 0.242 e. The first-order valence-electron chi connectivity index (χ1n) is 8.47. The van der Waals surface area contributed by atoms with Crippen LogP contribution in [-0.2, 0) is 29.2 Å². The van der Waals surface area contributed by atoms with Gasteiger partial charge in [-0.15, -0.1) is 10.2 Å². The minimum absolute atomic E-state index is 0.0283. The number of nitrogens with zero attached hydrogens (tertiary/aromatic N) is 5. The molecule has 1 heterocycles. The van der Waals surface area contributed by atoms with Gasteiger partial charge in [0.05, 0.1) is 6.61 Å². The molecule has 25 heavy (non-hydrogen) atoms. The van der Waals surface area contributed by atoms with Crippen LogP contribution in [0.4, 0.5) is 0 Å². The molecule has 0 aliphatic rings. The highest BCUT2D eigenvalue weighted by Crippen LogP contribution is 2.10. The van der Waals surface area contributed by atoms with Crippen LogP contribution in [0.25, 0.3) is 0 Å². The van der Waals surface area contributed by atoms with Crippen LogP contribution >= 0.6 is 0 Å². The predicted octanol–water partition coefficient (Wildman–Crippen LogP) is 1.40. The smallest absolute Gasteiger partial charge is 0.242 e. The summed E-state index contributed by atoms with van der Waals surface area (Å²) in [4.78, 5) is 16.3. The van der Waals surface area contributed by atoms with Crippen molar-refractivity contribution in [2.45, 2.75) is 26.6 Å². The summed E-state index contributed by atoms with van der Waals surface area (Å²) in [5.41, 5.74) is 2.38. The van der Waals surface area contributed by atoms with Gasteiger partial charge in [-0.3, -0.25) is 9.69 Å². The molecule has 136 valence electrons. The molecule has 0 spiro atoms. The highest BCUT2D eigenvalue weighted by molar-refractivity contribution is 5.75. The summed E-state index contributed by atoms with van der Waals surface area (Å²) in [6, 6.07) is 8.43. The van der Waals surface area contributed by atoms with E-state index in [1.807, 2.05) is 7.05 Å². The van der Waals surface area contributed by atoms with Crippen molar-refractivity contribution >= 4 is 5.91 Å². The first kappa shape index (κ1) is 19.1. The predicted molar refractivity (Wildman–Crippen MR) is 95.8 cm³/mol. The molecule has 0 saturated heterocycles. The largest absolute Gasteiger partial charge is 0.383 e. The van der Waals surface area contributed by atoms with Crippen LogP contribution in [0.15, 0.2) is 36.9 Å². The molecule has 0 saturated carbocycles. The summed E-state index contributed by atoms with van der Waals surface area (Å²) in [5, 5.41) is 7.42. The summed E-state index contributed by atoms with van der Waals surface area (Å²) >= 11 is 0. The molecular weight excluding hydrogens is 318 g/mol. The van der Waals surface area contributed by atoms with Gasteiger partial charge >= 0.3 is 0 Å². The van der Waals surface area contributed by atoms with E-state index < -0.39 is 0 Å². The van der Waals surface area contributed by atoms with Gasteiger partial charge in [0.25, 0.3) is 0 Å². The molecule has 2 rings (SSSR count). The summed E-state index contributed by atoms with van der Waals surface area (Å²) in [5.74, 6) is 0.0283. The zero-order valence-electron chi connectivity index (χ0n) is 15.3. The molecule has 1 amide bonds. The Balaban J connectivity index is 1.85. The third-order valence-corrected chi connectivity index (χ3v) is 4.12. The number of amides is 1. The van der Waals surface area contributed by atoms with Gasteiger partial charge in [0, 0.05) is 33.8 Å². The lowest BCUT2D eigenvalue weighted by molar-refractivity contribution is -0.131. The van der Waals surface area contributed by atoms with Gasteiger partial charge in [-0.2, -0.15) is 0 Å². The monoisotopic (exact) mass is 345 g/mol. The van der Waals surface area contributed by atoms with E-state index in [4.69, 9.17) is 4.74 Å². The van der Waals surface area contributed by atoms with Crippen LogP contribution < -0.4 is 0 Å². The van der Waals surface area contributed by atoms with Crippen LogP contribution in [0.3, 0.4) is 0 Å². The molecule has 0 atom stereocenters. The Morgan fingerprint density at radius 2 is 1.72 bits per heavy atom. The Morgan fingerprint density at radius 3 is 2.28 bits per heavy atom. The number of hydrogen-bond acceptors (Lipinski definition) is 5. The fourth-order valence-electron chi connectivity index (χ4n) is 2.52. The van der Waals surface area contributed by atoms with Gasteiger partial charge in [-0.05, 0) is 17.7 Å². The van der Waals surface area contributed by atoms with Crippen LogP contribution in [0.5, 0.6) is 0 Å².